The summed E-state index contributed by atoms with van der Waals surface area (Å²) in [5.74, 6) is 0. The summed E-state index contributed by atoms with van der Waals surface area (Å²) in [5, 5.41) is 6.85. The minimum Gasteiger partial charge on any atom is -0.309 e. The Morgan fingerprint density at radius 1 is 1.16 bits per heavy atom. The lowest BCUT2D eigenvalue weighted by Gasteiger charge is -2.16. The molecule has 0 aliphatic heterocycles. The summed E-state index contributed by atoms with van der Waals surface area (Å²) in [6.07, 6.45) is 1.000. The van der Waals surface area contributed by atoms with Crippen molar-refractivity contribution in [3.63, 3.8) is 0 Å². The second kappa shape index (κ2) is 6.31. The minimum absolute atomic E-state index is 0.316. The lowest BCUT2D eigenvalue weighted by atomic mass is 10.00. The molecular formula is C16H22N2S. The van der Waals surface area contributed by atoms with E-state index < -0.39 is 0 Å². The number of benzene rings is 1. The molecule has 0 amide bonds. The zero-order valence-corrected chi connectivity index (χ0v) is 13.0. The molecule has 2 aromatic rings. The third kappa shape index (κ3) is 3.88. The maximum Gasteiger partial charge on any atom is 0.0898 e. The standard InChI is InChI=1S/C16H22N2S/c1-5-17-15(16-10-19-13(4)18-16)9-14-7-11(2)6-12(3)8-14/h6-8,10,15,17H,5,9H2,1-4H3. The molecular weight excluding hydrogens is 252 g/mol. The molecule has 2 nitrogen and oxygen atoms in total. The van der Waals surface area contributed by atoms with Gasteiger partial charge in [0.05, 0.1) is 16.7 Å². The first kappa shape index (κ1) is 14.2. The third-order valence-electron chi connectivity index (χ3n) is 3.17. The van der Waals surface area contributed by atoms with Crippen LogP contribution in [0.5, 0.6) is 0 Å². The second-order valence-corrected chi connectivity index (χ2v) is 6.16. The molecule has 19 heavy (non-hydrogen) atoms. The highest BCUT2D eigenvalue weighted by Crippen LogP contribution is 2.21. The molecule has 0 aliphatic carbocycles. The van der Waals surface area contributed by atoms with E-state index in [4.69, 9.17) is 0 Å². The van der Waals surface area contributed by atoms with Crippen LogP contribution in [0.1, 0.15) is 40.4 Å². The highest BCUT2D eigenvalue weighted by atomic mass is 32.1. The molecule has 0 bridgehead atoms. The van der Waals surface area contributed by atoms with Crippen LogP contribution in [0.3, 0.4) is 0 Å². The van der Waals surface area contributed by atoms with Gasteiger partial charge in [-0.3, -0.25) is 0 Å². The van der Waals surface area contributed by atoms with E-state index >= 15 is 0 Å². The normalized spacial score (nSPS) is 12.6. The first-order valence-corrected chi connectivity index (χ1v) is 7.69. The van der Waals surface area contributed by atoms with Gasteiger partial charge in [-0.25, -0.2) is 4.98 Å². The Balaban J connectivity index is 2.20. The van der Waals surface area contributed by atoms with E-state index in [0.717, 1.165) is 18.0 Å². The number of rotatable bonds is 5. The van der Waals surface area contributed by atoms with Crippen molar-refractivity contribution in [3.8, 4) is 0 Å². The van der Waals surface area contributed by atoms with Crippen LogP contribution < -0.4 is 5.32 Å². The van der Waals surface area contributed by atoms with E-state index in [0.29, 0.717) is 6.04 Å². The predicted molar refractivity (Wildman–Crippen MR) is 82.9 cm³/mol. The van der Waals surface area contributed by atoms with E-state index in [2.05, 4.69) is 61.6 Å². The van der Waals surface area contributed by atoms with Crippen molar-refractivity contribution in [2.75, 3.05) is 6.54 Å². The molecule has 0 radical (unpaired) electrons. The van der Waals surface area contributed by atoms with Crippen LogP contribution in [-0.2, 0) is 6.42 Å². The Labute approximate surface area is 119 Å². The molecule has 102 valence electrons. The van der Waals surface area contributed by atoms with Gasteiger partial charge in [0.2, 0.25) is 0 Å². The zero-order valence-electron chi connectivity index (χ0n) is 12.2. The monoisotopic (exact) mass is 274 g/mol. The van der Waals surface area contributed by atoms with Crippen molar-refractivity contribution >= 4 is 11.3 Å². The molecule has 0 spiro atoms. The molecule has 0 saturated carbocycles. The van der Waals surface area contributed by atoms with Gasteiger partial charge in [0, 0.05) is 5.38 Å². The van der Waals surface area contributed by atoms with Crippen molar-refractivity contribution in [2.45, 2.75) is 40.2 Å². The predicted octanol–water partition coefficient (Wildman–Crippen LogP) is 3.96. The highest BCUT2D eigenvalue weighted by Gasteiger charge is 2.14. The second-order valence-electron chi connectivity index (χ2n) is 5.10. The first-order chi connectivity index (χ1) is 9.08. The third-order valence-corrected chi connectivity index (χ3v) is 3.96. The molecule has 0 fully saturated rings. The lowest BCUT2D eigenvalue weighted by Crippen LogP contribution is -2.23. The fourth-order valence-corrected chi connectivity index (χ4v) is 3.16. The van der Waals surface area contributed by atoms with Gasteiger partial charge in [-0.15, -0.1) is 11.3 Å². The summed E-state index contributed by atoms with van der Waals surface area (Å²) < 4.78 is 0. The topological polar surface area (TPSA) is 24.9 Å². The summed E-state index contributed by atoms with van der Waals surface area (Å²) in [5.41, 5.74) is 5.22. The van der Waals surface area contributed by atoms with Gasteiger partial charge in [0.25, 0.3) is 0 Å². The quantitative estimate of drug-likeness (QED) is 0.892. The molecule has 1 aromatic heterocycles. The molecule has 0 saturated heterocycles. The summed E-state index contributed by atoms with van der Waals surface area (Å²) in [4.78, 5) is 4.63. The molecule has 0 aliphatic rings. The number of nitrogens with zero attached hydrogens (tertiary/aromatic N) is 1. The van der Waals surface area contributed by atoms with Crippen molar-refractivity contribution in [3.05, 3.63) is 51.0 Å². The van der Waals surface area contributed by atoms with Crippen molar-refractivity contribution in [2.24, 2.45) is 0 Å². The largest absolute Gasteiger partial charge is 0.309 e. The molecule has 1 atom stereocenters. The molecule has 2 rings (SSSR count). The average molecular weight is 274 g/mol. The van der Waals surface area contributed by atoms with Crippen LogP contribution in [-0.4, -0.2) is 11.5 Å². The van der Waals surface area contributed by atoms with Crippen molar-refractivity contribution in [1.29, 1.82) is 0 Å². The molecule has 1 unspecified atom stereocenters. The number of hydrogen-bond acceptors (Lipinski definition) is 3. The number of aryl methyl sites for hydroxylation is 3. The van der Waals surface area contributed by atoms with E-state index in [1.54, 1.807) is 11.3 Å². The van der Waals surface area contributed by atoms with Crippen LogP contribution in [0.4, 0.5) is 0 Å². The van der Waals surface area contributed by atoms with Gasteiger partial charge >= 0.3 is 0 Å². The number of nitrogens with one attached hydrogen (secondary N) is 1. The molecule has 3 heteroatoms. The van der Waals surface area contributed by atoms with E-state index in [9.17, 15) is 0 Å². The Morgan fingerprint density at radius 2 is 1.84 bits per heavy atom. The van der Waals surface area contributed by atoms with Gasteiger partial charge in [-0.2, -0.15) is 0 Å². The average Bonchev–Trinajstić information content (AvgIpc) is 2.74. The van der Waals surface area contributed by atoms with Crippen LogP contribution >= 0.6 is 11.3 Å². The zero-order chi connectivity index (χ0) is 13.8. The number of likely N-dealkylation sites (N-methyl/N-ethyl adjacent to an activating group) is 1. The maximum absolute atomic E-state index is 4.63. The van der Waals surface area contributed by atoms with Gasteiger partial charge in [0.1, 0.15) is 0 Å². The van der Waals surface area contributed by atoms with Crippen LogP contribution in [0.15, 0.2) is 23.6 Å². The minimum atomic E-state index is 0.316. The van der Waals surface area contributed by atoms with Gasteiger partial charge in [-0.1, -0.05) is 36.2 Å². The van der Waals surface area contributed by atoms with Crippen molar-refractivity contribution < 1.29 is 0 Å². The maximum atomic E-state index is 4.63. The molecule has 1 heterocycles. The SMILES string of the molecule is CCNC(Cc1cc(C)cc(C)c1)c1csc(C)n1. The number of thiazole rings is 1. The Hall–Kier alpha value is -1.19. The smallest absolute Gasteiger partial charge is 0.0898 e. The van der Waals surface area contributed by atoms with Gasteiger partial charge in [-0.05, 0) is 39.3 Å². The van der Waals surface area contributed by atoms with Gasteiger partial charge < -0.3 is 5.32 Å². The number of hydrogen-bond donors (Lipinski definition) is 1. The first-order valence-electron chi connectivity index (χ1n) is 6.81. The fourth-order valence-electron chi connectivity index (χ4n) is 2.49. The van der Waals surface area contributed by atoms with Crippen LogP contribution in [0.2, 0.25) is 0 Å². The summed E-state index contributed by atoms with van der Waals surface area (Å²) in [6, 6.07) is 7.09. The molecule has 1 N–H and O–H groups in total. The Morgan fingerprint density at radius 3 is 2.37 bits per heavy atom. The van der Waals surface area contributed by atoms with Crippen LogP contribution in [0.25, 0.3) is 0 Å². The Kier molecular flexibility index (Phi) is 4.72. The lowest BCUT2D eigenvalue weighted by molar-refractivity contribution is 0.538. The summed E-state index contributed by atoms with van der Waals surface area (Å²) in [6.45, 7) is 9.49. The number of aromatic nitrogens is 1. The van der Waals surface area contributed by atoms with Gasteiger partial charge in [0.15, 0.2) is 0 Å². The summed E-state index contributed by atoms with van der Waals surface area (Å²) >= 11 is 1.72. The van der Waals surface area contributed by atoms with E-state index in [1.165, 1.54) is 22.4 Å². The summed E-state index contributed by atoms with van der Waals surface area (Å²) in [7, 11) is 0. The highest BCUT2D eigenvalue weighted by molar-refractivity contribution is 7.09. The molecule has 1 aromatic carbocycles. The van der Waals surface area contributed by atoms with E-state index in [1.807, 2.05) is 0 Å². The van der Waals surface area contributed by atoms with E-state index in [-0.39, 0.29) is 0 Å². The Bertz CT molecular complexity index is 525. The fraction of sp³-hybridized carbons (Fsp3) is 0.438. The van der Waals surface area contributed by atoms with Crippen molar-refractivity contribution in [1.82, 2.24) is 10.3 Å². The van der Waals surface area contributed by atoms with Crippen LogP contribution in [0, 0.1) is 20.8 Å².